The van der Waals surface area contributed by atoms with Gasteiger partial charge in [-0.1, -0.05) is 42.0 Å². The minimum atomic E-state index is -0.505. The minimum Gasteiger partial charge on any atom is -0.383 e. The Morgan fingerprint density at radius 3 is 2.71 bits per heavy atom. The zero-order valence-electron chi connectivity index (χ0n) is 16.5. The van der Waals surface area contributed by atoms with Crippen LogP contribution in [0.15, 0.2) is 51.6 Å². The van der Waals surface area contributed by atoms with Crippen molar-refractivity contribution in [2.24, 2.45) is 0 Å². The van der Waals surface area contributed by atoms with E-state index in [0.29, 0.717) is 25.3 Å². The summed E-state index contributed by atoms with van der Waals surface area (Å²) in [6.45, 7) is 6.13. The molecule has 1 aromatic heterocycles. The standard InChI is InChI=1S/C21H28N4O3/c1-15(2)10-11-24(14-17-9-6-12-28-17)18-19(22)25(21(27)23-20(18)26)13-16-7-4-3-5-8-16/h3-5,7-8,10,17H,6,9,11-14,22H2,1-2H3,(H,23,26,27). The van der Waals surface area contributed by atoms with Crippen molar-refractivity contribution in [3.63, 3.8) is 0 Å². The van der Waals surface area contributed by atoms with Crippen LogP contribution in [-0.2, 0) is 11.3 Å². The van der Waals surface area contributed by atoms with Gasteiger partial charge >= 0.3 is 5.69 Å². The number of allylic oxidation sites excluding steroid dienone is 1. The van der Waals surface area contributed by atoms with Crippen molar-refractivity contribution in [2.45, 2.75) is 39.3 Å². The maximum absolute atomic E-state index is 12.7. The zero-order valence-corrected chi connectivity index (χ0v) is 16.5. The Morgan fingerprint density at radius 1 is 1.32 bits per heavy atom. The number of ether oxygens (including phenoxy) is 1. The lowest BCUT2D eigenvalue weighted by Gasteiger charge is -2.27. The minimum absolute atomic E-state index is 0.0545. The molecule has 0 spiro atoms. The number of nitrogens with two attached hydrogens (primary N) is 1. The monoisotopic (exact) mass is 384 g/mol. The second kappa shape index (κ2) is 8.93. The number of hydrogen-bond donors (Lipinski definition) is 2. The summed E-state index contributed by atoms with van der Waals surface area (Å²) in [7, 11) is 0. The van der Waals surface area contributed by atoms with Gasteiger partial charge in [-0.3, -0.25) is 14.3 Å². The van der Waals surface area contributed by atoms with Crippen molar-refractivity contribution in [3.05, 3.63) is 68.4 Å². The molecule has 3 rings (SSSR count). The summed E-state index contributed by atoms with van der Waals surface area (Å²) in [5.41, 5.74) is 7.78. The van der Waals surface area contributed by atoms with Gasteiger partial charge in [0.05, 0.1) is 12.6 Å². The van der Waals surface area contributed by atoms with Gasteiger partial charge in [0, 0.05) is 19.7 Å². The van der Waals surface area contributed by atoms with E-state index in [4.69, 9.17) is 10.5 Å². The molecule has 150 valence electrons. The molecule has 0 bridgehead atoms. The number of anilines is 2. The molecule has 0 amide bonds. The molecule has 0 saturated carbocycles. The molecule has 0 radical (unpaired) electrons. The molecule has 1 saturated heterocycles. The van der Waals surface area contributed by atoms with Gasteiger partial charge in [-0.15, -0.1) is 0 Å². The normalized spacial score (nSPS) is 16.1. The molecule has 1 unspecified atom stereocenters. The molecule has 1 aromatic carbocycles. The first-order chi connectivity index (χ1) is 13.5. The summed E-state index contributed by atoms with van der Waals surface area (Å²) in [4.78, 5) is 29.4. The third kappa shape index (κ3) is 4.72. The first-order valence-electron chi connectivity index (χ1n) is 9.62. The lowest BCUT2D eigenvalue weighted by atomic mass is 10.2. The second-order valence-corrected chi connectivity index (χ2v) is 7.39. The lowest BCUT2D eigenvalue weighted by molar-refractivity contribution is 0.116. The predicted molar refractivity (Wildman–Crippen MR) is 112 cm³/mol. The molecule has 28 heavy (non-hydrogen) atoms. The van der Waals surface area contributed by atoms with Crippen LogP contribution in [0.3, 0.4) is 0 Å². The van der Waals surface area contributed by atoms with Gasteiger partial charge in [-0.2, -0.15) is 0 Å². The van der Waals surface area contributed by atoms with Crippen LogP contribution in [0.2, 0.25) is 0 Å². The Kier molecular flexibility index (Phi) is 6.36. The zero-order chi connectivity index (χ0) is 20.1. The Labute approximate surface area is 164 Å². The molecule has 2 heterocycles. The summed E-state index contributed by atoms with van der Waals surface area (Å²) in [5.74, 6) is 0.178. The summed E-state index contributed by atoms with van der Waals surface area (Å²) in [5, 5.41) is 0. The first-order valence-corrected chi connectivity index (χ1v) is 9.62. The van der Waals surface area contributed by atoms with E-state index in [9.17, 15) is 9.59 Å². The molecule has 7 heteroatoms. The molecule has 1 aliphatic rings. The van der Waals surface area contributed by atoms with Crippen LogP contribution in [0.4, 0.5) is 11.5 Å². The largest absolute Gasteiger partial charge is 0.383 e. The average Bonchev–Trinajstić information content (AvgIpc) is 3.17. The summed E-state index contributed by atoms with van der Waals surface area (Å²) in [6.07, 6.45) is 4.06. The van der Waals surface area contributed by atoms with E-state index in [1.807, 2.05) is 55.2 Å². The number of nitrogens with zero attached hydrogens (tertiary/aromatic N) is 2. The number of nitrogens with one attached hydrogen (secondary N) is 1. The Bertz CT molecular complexity index is 936. The fourth-order valence-electron chi connectivity index (χ4n) is 3.39. The Morgan fingerprint density at radius 2 is 2.07 bits per heavy atom. The smallest absolute Gasteiger partial charge is 0.330 e. The van der Waals surface area contributed by atoms with E-state index in [1.165, 1.54) is 4.57 Å². The lowest BCUT2D eigenvalue weighted by Crippen LogP contribution is -2.41. The molecule has 2 aromatic rings. The van der Waals surface area contributed by atoms with Crippen LogP contribution in [0.5, 0.6) is 0 Å². The predicted octanol–water partition coefficient (Wildman–Crippen LogP) is 2.12. The van der Waals surface area contributed by atoms with Crippen molar-refractivity contribution in [2.75, 3.05) is 30.3 Å². The topological polar surface area (TPSA) is 93.3 Å². The third-order valence-corrected chi connectivity index (χ3v) is 4.88. The molecular weight excluding hydrogens is 356 g/mol. The van der Waals surface area contributed by atoms with E-state index < -0.39 is 11.2 Å². The highest BCUT2D eigenvalue weighted by atomic mass is 16.5. The van der Waals surface area contributed by atoms with Gasteiger partial charge in [-0.25, -0.2) is 4.79 Å². The van der Waals surface area contributed by atoms with Gasteiger partial charge in [-0.05, 0) is 32.3 Å². The number of rotatable bonds is 7. The number of nitrogen functional groups attached to an aromatic ring is 1. The van der Waals surface area contributed by atoms with Crippen molar-refractivity contribution in [3.8, 4) is 0 Å². The van der Waals surface area contributed by atoms with Crippen molar-refractivity contribution in [1.82, 2.24) is 9.55 Å². The van der Waals surface area contributed by atoms with Crippen molar-refractivity contribution >= 4 is 11.5 Å². The van der Waals surface area contributed by atoms with Crippen molar-refractivity contribution < 1.29 is 4.74 Å². The molecule has 1 atom stereocenters. The van der Waals surface area contributed by atoms with Crippen LogP contribution >= 0.6 is 0 Å². The van der Waals surface area contributed by atoms with Crippen LogP contribution in [-0.4, -0.2) is 35.4 Å². The van der Waals surface area contributed by atoms with Gasteiger partial charge < -0.3 is 15.4 Å². The van der Waals surface area contributed by atoms with Gasteiger partial charge in [0.1, 0.15) is 11.5 Å². The molecule has 3 N–H and O–H groups in total. The van der Waals surface area contributed by atoms with Gasteiger partial charge in [0.25, 0.3) is 5.56 Å². The van der Waals surface area contributed by atoms with Crippen LogP contribution in [0, 0.1) is 0 Å². The molecular formula is C21H28N4O3. The van der Waals surface area contributed by atoms with E-state index in [-0.39, 0.29) is 11.9 Å². The summed E-state index contributed by atoms with van der Waals surface area (Å²) in [6, 6.07) is 9.56. The summed E-state index contributed by atoms with van der Waals surface area (Å²) < 4.78 is 7.17. The van der Waals surface area contributed by atoms with E-state index in [1.54, 1.807) is 0 Å². The number of H-pyrrole nitrogens is 1. The first kappa shape index (κ1) is 19.9. The Balaban J connectivity index is 2.00. The SMILES string of the molecule is CC(C)=CCN(CC1CCCO1)c1c(N)n(Cc2ccccc2)c(=O)[nH]c1=O. The number of aromatic nitrogens is 2. The molecule has 7 nitrogen and oxygen atoms in total. The summed E-state index contributed by atoms with van der Waals surface area (Å²) >= 11 is 0. The highest BCUT2D eigenvalue weighted by Crippen LogP contribution is 2.21. The quantitative estimate of drug-likeness (QED) is 0.713. The van der Waals surface area contributed by atoms with Crippen molar-refractivity contribution in [1.29, 1.82) is 0 Å². The molecule has 1 aliphatic heterocycles. The highest BCUT2D eigenvalue weighted by molar-refractivity contribution is 5.63. The van der Waals surface area contributed by atoms with Crippen LogP contribution in [0.25, 0.3) is 0 Å². The fraction of sp³-hybridized carbons (Fsp3) is 0.429. The van der Waals surface area contributed by atoms with Crippen LogP contribution in [0.1, 0.15) is 32.3 Å². The fourth-order valence-corrected chi connectivity index (χ4v) is 3.39. The van der Waals surface area contributed by atoms with E-state index >= 15 is 0 Å². The van der Waals surface area contributed by atoms with Gasteiger partial charge in [0.15, 0.2) is 0 Å². The molecule has 0 aliphatic carbocycles. The van der Waals surface area contributed by atoms with E-state index in [2.05, 4.69) is 4.98 Å². The average molecular weight is 384 g/mol. The Hall–Kier alpha value is -2.80. The second-order valence-electron chi connectivity index (χ2n) is 7.39. The van der Waals surface area contributed by atoms with Gasteiger partial charge in [0.2, 0.25) is 0 Å². The highest BCUT2D eigenvalue weighted by Gasteiger charge is 2.24. The maximum Gasteiger partial charge on any atom is 0.330 e. The number of hydrogen-bond acceptors (Lipinski definition) is 5. The van der Waals surface area contributed by atoms with E-state index in [0.717, 1.165) is 30.6 Å². The number of benzene rings is 1. The van der Waals surface area contributed by atoms with Crippen LogP contribution < -0.4 is 21.9 Å². The number of aromatic amines is 1. The third-order valence-electron chi connectivity index (χ3n) is 4.88. The molecule has 1 fully saturated rings. The maximum atomic E-state index is 12.7.